The van der Waals surface area contributed by atoms with Gasteiger partial charge in [0.05, 0.1) is 0 Å². The van der Waals surface area contributed by atoms with E-state index in [1.807, 2.05) is 0 Å². The summed E-state index contributed by atoms with van der Waals surface area (Å²) < 4.78 is 1.56. The molecule has 0 amide bonds. The summed E-state index contributed by atoms with van der Waals surface area (Å²) in [6.07, 6.45) is 19.1. The van der Waals surface area contributed by atoms with Crippen LogP contribution in [0.25, 0.3) is 16.9 Å². The zero-order valence-electron chi connectivity index (χ0n) is 25.1. The Morgan fingerprint density at radius 2 is 0.923 bits per heavy atom. The third-order valence-electron chi connectivity index (χ3n) is 7.96. The zero-order valence-corrected chi connectivity index (χ0v) is 26.1. The molecule has 0 aromatic heterocycles. The van der Waals surface area contributed by atoms with Crippen molar-refractivity contribution in [1.29, 1.82) is 0 Å². The average Bonchev–Trinajstić information content (AvgIpc) is 3.22. The third-order valence-corrected chi connectivity index (χ3v) is 7.96. The molecule has 1 aliphatic heterocycles. The second-order valence-corrected chi connectivity index (χ2v) is 11.2. The summed E-state index contributed by atoms with van der Waals surface area (Å²) in [7, 11) is 0. The van der Waals surface area contributed by atoms with Crippen LogP contribution in [0.3, 0.4) is 0 Å². The first-order valence-electron chi connectivity index (χ1n) is 15.8. The van der Waals surface area contributed by atoms with Crippen LogP contribution in [0.4, 0.5) is 0 Å². The normalized spacial score (nSPS) is 13.4. The molecule has 0 aliphatic carbocycles. The van der Waals surface area contributed by atoms with Crippen molar-refractivity contribution in [3.05, 3.63) is 87.5 Å². The third kappa shape index (κ3) is 9.56. The molecule has 0 atom stereocenters. The zero-order chi connectivity index (χ0) is 27.2. The monoisotopic (exact) mass is 570 g/mol. The van der Waals surface area contributed by atoms with E-state index >= 15 is 0 Å². The number of allylic oxidation sites excluding steroid dienone is 2. The van der Waals surface area contributed by atoms with Crippen LogP contribution >= 0.6 is 0 Å². The predicted octanol–water partition coefficient (Wildman–Crippen LogP) is 11.5. The number of aryl methyl sites for hydroxylation is 2. The quantitative estimate of drug-likeness (QED) is 0.0966. The van der Waals surface area contributed by atoms with Gasteiger partial charge in [0.1, 0.15) is 0 Å². The molecule has 3 rings (SSSR count). The van der Waals surface area contributed by atoms with Crippen molar-refractivity contribution in [3.8, 4) is 0 Å². The maximum atomic E-state index is 11.9. The Morgan fingerprint density at radius 1 is 0.513 bits per heavy atom. The van der Waals surface area contributed by atoms with E-state index in [1.54, 1.807) is 4.70 Å². The Hall–Kier alpha value is -1.99. The molecule has 0 N–H and O–H groups in total. The standard InChI is InChI=1S/C36H52N2.Ni/c1-5-9-13-14-15-16-26-34-33(25-12-8-4)35(31-23-17-21-29(27-31)19-10-6-2)38(37)36(34)32-24-18-22-30(28-32)20-11-7-3;/h17-18,21-24,27-28H,5-16,19-20,25-26H2,1-4H3;. The second kappa shape index (κ2) is 18.4. The number of rotatable bonds is 18. The Morgan fingerprint density at radius 3 is 1.41 bits per heavy atom. The Bertz CT molecular complexity index is 1090. The fraction of sp³-hybridized carbons (Fsp3) is 0.556. The van der Waals surface area contributed by atoms with Crippen molar-refractivity contribution in [3.63, 3.8) is 0 Å². The van der Waals surface area contributed by atoms with Crippen molar-refractivity contribution in [2.75, 3.05) is 0 Å². The molecule has 0 bridgehead atoms. The topological polar surface area (TPSA) is 25.3 Å². The van der Waals surface area contributed by atoms with Crippen LogP contribution in [0.2, 0.25) is 0 Å². The number of benzene rings is 2. The average molecular weight is 572 g/mol. The van der Waals surface area contributed by atoms with Gasteiger partial charge in [-0.05, 0) is 86.8 Å². The van der Waals surface area contributed by atoms with Gasteiger partial charge in [0.15, 0.2) is 0 Å². The summed E-state index contributed by atoms with van der Waals surface area (Å²) in [6, 6.07) is 17.9. The Kier molecular flexibility index (Phi) is 15.7. The van der Waals surface area contributed by atoms with Gasteiger partial charge >= 0.3 is 0 Å². The minimum Gasteiger partial charge on any atom is -0.493 e. The first-order chi connectivity index (χ1) is 18.6. The number of unbranched alkanes of at least 4 members (excludes halogenated alkanes) is 8. The van der Waals surface area contributed by atoms with Crippen molar-refractivity contribution >= 4 is 11.4 Å². The predicted molar refractivity (Wildman–Crippen MR) is 165 cm³/mol. The van der Waals surface area contributed by atoms with Crippen LogP contribution in [0.15, 0.2) is 59.7 Å². The van der Waals surface area contributed by atoms with Crippen LogP contribution < -0.4 is 0 Å². The fourth-order valence-electron chi connectivity index (χ4n) is 5.73. The molecule has 0 saturated heterocycles. The van der Waals surface area contributed by atoms with Crippen LogP contribution in [0, 0.1) is 0 Å². The van der Waals surface area contributed by atoms with Crippen molar-refractivity contribution in [2.24, 2.45) is 0 Å². The van der Waals surface area contributed by atoms with E-state index in [-0.39, 0.29) is 16.5 Å². The molecule has 39 heavy (non-hydrogen) atoms. The molecule has 3 heteroatoms. The fourth-order valence-corrected chi connectivity index (χ4v) is 5.73. The summed E-state index contributed by atoms with van der Waals surface area (Å²) in [6.45, 7) is 9.05. The molecule has 0 unspecified atom stereocenters. The molecular weight excluding hydrogens is 519 g/mol. The van der Waals surface area contributed by atoms with Gasteiger partial charge in [0, 0.05) is 38.8 Å². The van der Waals surface area contributed by atoms with Crippen LogP contribution in [-0.2, 0) is 29.3 Å². The van der Waals surface area contributed by atoms with E-state index in [1.165, 1.54) is 86.5 Å². The smallest absolute Gasteiger partial charge is 0.211 e. The van der Waals surface area contributed by atoms with E-state index in [0.29, 0.717) is 0 Å². The Labute approximate surface area is 249 Å². The van der Waals surface area contributed by atoms with E-state index < -0.39 is 0 Å². The summed E-state index contributed by atoms with van der Waals surface area (Å²) in [5.74, 6) is 0. The van der Waals surface area contributed by atoms with Gasteiger partial charge in [0.25, 0.3) is 0 Å². The SMILES string of the molecule is CCCCCCCCC1=C(c2cccc(CCCC)c2)[N+](=[N-])C(c2cccc(CCCC)c2)=C1CCCC.[Ni]. The summed E-state index contributed by atoms with van der Waals surface area (Å²) in [4.78, 5) is 0. The number of hydrogen-bond donors (Lipinski definition) is 0. The van der Waals surface area contributed by atoms with Crippen molar-refractivity contribution in [2.45, 2.75) is 130 Å². The molecule has 0 spiro atoms. The van der Waals surface area contributed by atoms with E-state index in [9.17, 15) is 5.53 Å². The van der Waals surface area contributed by atoms with Gasteiger partial charge < -0.3 is 5.53 Å². The number of nitrogens with zero attached hydrogens (tertiary/aromatic N) is 2. The first-order valence-corrected chi connectivity index (χ1v) is 15.8. The van der Waals surface area contributed by atoms with Crippen LogP contribution in [0.5, 0.6) is 0 Å². The molecule has 0 fully saturated rings. The molecule has 2 aromatic carbocycles. The molecule has 2 nitrogen and oxygen atoms in total. The van der Waals surface area contributed by atoms with Crippen LogP contribution in [0.1, 0.15) is 140 Å². The Balaban J connectivity index is 0.00000533. The van der Waals surface area contributed by atoms with Gasteiger partial charge in [-0.25, -0.2) is 4.70 Å². The van der Waals surface area contributed by atoms with Crippen LogP contribution in [-0.4, -0.2) is 4.70 Å². The molecule has 2 aromatic rings. The maximum absolute atomic E-state index is 11.9. The van der Waals surface area contributed by atoms with Crippen molar-refractivity contribution < 1.29 is 21.2 Å². The van der Waals surface area contributed by atoms with Crippen molar-refractivity contribution in [1.82, 2.24) is 0 Å². The summed E-state index contributed by atoms with van der Waals surface area (Å²) >= 11 is 0. The first kappa shape index (κ1) is 33.2. The summed E-state index contributed by atoms with van der Waals surface area (Å²) in [5.41, 5.74) is 21.8. The molecule has 1 heterocycles. The second-order valence-electron chi connectivity index (χ2n) is 11.2. The maximum Gasteiger partial charge on any atom is 0.211 e. The van der Waals surface area contributed by atoms with Gasteiger partial charge in [-0.3, -0.25) is 0 Å². The molecule has 0 saturated carbocycles. The number of hydrogen-bond acceptors (Lipinski definition) is 0. The van der Waals surface area contributed by atoms with Gasteiger partial charge in [0.2, 0.25) is 11.4 Å². The minimum atomic E-state index is 0. The van der Waals surface area contributed by atoms with E-state index in [2.05, 4.69) is 76.2 Å². The van der Waals surface area contributed by atoms with Gasteiger partial charge in [-0.15, -0.1) is 0 Å². The molecular formula is C36H52N2Ni. The largest absolute Gasteiger partial charge is 0.493 e. The van der Waals surface area contributed by atoms with Gasteiger partial charge in [-0.2, -0.15) is 0 Å². The van der Waals surface area contributed by atoms with E-state index in [0.717, 1.165) is 61.0 Å². The minimum absolute atomic E-state index is 0. The summed E-state index contributed by atoms with van der Waals surface area (Å²) in [5, 5.41) is 0. The molecule has 216 valence electrons. The van der Waals surface area contributed by atoms with E-state index in [4.69, 9.17) is 0 Å². The van der Waals surface area contributed by atoms with Gasteiger partial charge in [-0.1, -0.05) is 103 Å². The molecule has 1 aliphatic rings. The molecule has 0 radical (unpaired) electrons.